The summed E-state index contributed by atoms with van der Waals surface area (Å²) >= 11 is 0. The SMILES string of the molecule is C[N+]1=C2N(CCCc3cc(C(C)(C)C)cc(C=NC(C)(C)CN=Cc4cc(C(C)(C)C)cc(C(C)(C)C)c4O)c3O)CCCN2CCC1.[CH3-].[CH3-].[Co]. The minimum atomic E-state index is -0.506. The molecule has 0 atom stereocenters. The Hall–Kier alpha value is -2.84. The molecule has 2 N–H and O–H groups in total. The van der Waals surface area contributed by atoms with Gasteiger partial charge in [0.1, 0.15) is 11.5 Å². The first-order valence-corrected chi connectivity index (χ1v) is 18.0. The Bertz CT molecular complexity index is 1550. The molecule has 1 fully saturated rings. The quantitative estimate of drug-likeness (QED) is 0.153. The summed E-state index contributed by atoms with van der Waals surface area (Å²) in [6.45, 7) is 29.7. The first-order chi connectivity index (χ1) is 22.2. The molecule has 1 saturated heterocycles. The van der Waals surface area contributed by atoms with Gasteiger partial charge in [-0.3, -0.25) is 24.4 Å². The summed E-state index contributed by atoms with van der Waals surface area (Å²) < 4.78 is 2.41. The van der Waals surface area contributed by atoms with Gasteiger partial charge in [0, 0.05) is 58.7 Å². The summed E-state index contributed by atoms with van der Waals surface area (Å²) in [7, 11) is 2.22. The van der Waals surface area contributed by atoms with E-state index in [0.29, 0.717) is 18.0 Å². The Morgan fingerprint density at radius 1 is 0.745 bits per heavy atom. The van der Waals surface area contributed by atoms with Gasteiger partial charge in [-0.05, 0) is 71.8 Å². The van der Waals surface area contributed by atoms with Crippen molar-refractivity contribution in [2.75, 3.05) is 46.3 Å². The van der Waals surface area contributed by atoms with E-state index in [9.17, 15) is 10.2 Å². The molecule has 2 aromatic rings. The van der Waals surface area contributed by atoms with Crippen molar-refractivity contribution in [3.05, 3.63) is 72.5 Å². The first kappa shape index (κ1) is 46.2. The van der Waals surface area contributed by atoms with E-state index in [0.717, 1.165) is 67.8 Å². The molecule has 0 aliphatic carbocycles. The van der Waals surface area contributed by atoms with Gasteiger partial charge in [0.2, 0.25) is 0 Å². The summed E-state index contributed by atoms with van der Waals surface area (Å²) in [4.78, 5) is 14.8. The van der Waals surface area contributed by atoms with Gasteiger partial charge >= 0.3 is 5.96 Å². The summed E-state index contributed by atoms with van der Waals surface area (Å²) in [5, 5.41) is 22.7. The predicted molar refractivity (Wildman–Crippen MR) is 216 cm³/mol. The standard InChI is InChI=1S/C41H63N5O2.2CH3.Co/c1-38(2,3)32-22-29(16-13-18-45-20-15-21-46-19-14-17-44(12)37(45)46)35(47)31(24-32)27-43-41(10,11)28-42-26-30-23-33(39(4,5)6)25-34(36(30)48)40(7,8)9;;;/h22-27H,13-21,28H2,1-12H3,(H-,42,43,47,48);2*1H3;/q;2*-1;/p+1. The molecule has 1 radical (unpaired) electrons. The molecule has 0 bridgehead atoms. The molecule has 7 nitrogen and oxygen atoms in total. The van der Waals surface area contributed by atoms with Crippen molar-refractivity contribution in [2.24, 2.45) is 9.98 Å². The van der Waals surface area contributed by atoms with Crippen LogP contribution in [0.5, 0.6) is 11.5 Å². The van der Waals surface area contributed by atoms with Crippen LogP contribution in [-0.2, 0) is 39.4 Å². The van der Waals surface area contributed by atoms with Crippen molar-refractivity contribution in [1.82, 2.24) is 9.80 Å². The fraction of sp³-hybridized carbons (Fsp3) is 0.605. The van der Waals surface area contributed by atoms with E-state index in [-0.39, 0.29) is 47.9 Å². The van der Waals surface area contributed by atoms with Gasteiger partial charge < -0.3 is 25.1 Å². The van der Waals surface area contributed by atoms with Crippen LogP contribution >= 0.6 is 0 Å². The third-order valence-corrected chi connectivity index (χ3v) is 9.72. The number of hydrogen-bond acceptors (Lipinski definition) is 6. The molecular formula is C43H70CoN5O2-. The number of aromatic hydroxyl groups is 2. The van der Waals surface area contributed by atoms with E-state index in [4.69, 9.17) is 9.98 Å². The molecule has 289 valence electrons. The molecule has 0 amide bonds. The molecule has 2 aliphatic rings. The Balaban J connectivity index is 0.00000433. The van der Waals surface area contributed by atoms with Crippen LogP contribution in [0.15, 0.2) is 34.3 Å². The van der Waals surface area contributed by atoms with Crippen LogP contribution in [0.4, 0.5) is 0 Å². The van der Waals surface area contributed by atoms with Gasteiger partial charge in [-0.25, -0.2) is 0 Å². The minimum Gasteiger partial charge on any atom is -0.507 e. The number of phenolic OH excluding ortho intramolecular Hbond substituents is 2. The topological polar surface area (TPSA) is 74.7 Å². The van der Waals surface area contributed by atoms with Gasteiger partial charge in [-0.15, -0.1) is 0 Å². The maximum absolute atomic E-state index is 11.5. The molecule has 8 heteroatoms. The zero-order valence-electron chi connectivity index (χ0n) is 34.5. The third kappa shape index (κ3) is 11.8. The Morgan fingerprint density at radius 3 is 1.90 bits per heavy atom. The second-order valence-electron chi connectivity index (χ2n) is 17.8. The average molecular weight is 748 g/mol. The monoisotopic (exact) mass is 747 g/mol. The van der Waals surface area contributed by atoms with Gasteiger partial charge in [-0.1, -0.05) is 74.4 Å². The van der Waals surface area contributed by atoms with Crippen LogP contribution in [0.2, 0.25) is 0 Å². The first-order valence-electron chi connectivity index (χ1n) is 18.0. The van der Waals surface area contributed by atoms with Crippen LogP contribution < -0.4 is 0 Å². The molecular weight excluding hydrogens is 677 g/mol. The van der Waals surface area contributed by atoms with Gasteiger partial charge in [0.05, 0.1) is 51.9 Å². The number of benzene rings is 2. The zero-order valence-corrected chi connectivity index (χ0v) is 35.5. The fourth-order valence-electron chi connectivity index (χ4n) is 6.67. The van der Waals surface area contributed by atoms with Crippen LogP contribution in [0, 0.1) is 14.9 Å². The summed E-state index contributed by atoms with van der Waals surface area (Å²) in [5.74, 6) is 2.00. The predicted octanol–water partition coefficient (Wildman–Crippen LogP) is 8.55. The van der Waals surface area contributed by atoms with E-state index in [1.54, 1.807) is 6.21 Å². The molecule has 0 aromatic heterocycles. The van der Waals surface area contributed by atoms with Crippen molar-refractivity contribution in [3.8, 4) is 11.5 Å². The molecule has 2 aromatic carbocycles. The van der Waals surface area contributed by atoms with E-state index < -0.39 is 5.54 Å². The number of fused-ring (bicyclic) bond motifs is 1. The number of phenols is 2. The molecule has 4 rings (SSSR count). The molecule has 0 unspecified atom stereocenters. The van der Waals surface area contributed by atoms with Gasteiger partial charge in [0.15, 0.2) is 0 Å². The zero-order chi connectivity index (χ0) is 35.7. The fourth-order valence-corrected chi connectivity index (χ4v) is 6.67. The second kappa shape index (κ2) is 17.8. The summed E-state index contributed by atoms with van der Waals surface area (Å²) in [6, 6.07) is 8.45. The van der Waals surface area contributed by atoms with Gasteiger partial charge in [-0.2, -0.15) is 0 Å². The molecule has 0 spiro atoms. The number of nitrogens with zero attached hydrogens (tertiary/aromatic N) is 5. The third-order valence-electron chi connectivity index (χ3n) is 9.72. The van der Waals surface area contributed by atoms with Crippen LogP contribution in [0.1, 0.15) is 129 Å². The molecule has 2 aliphatic heterocycles. The Kier molecular flexibility index (Phi) is 16.1. The van der Waals surface area contributed by atoms with E-state index >= 15 is 0 Å². The maximum Gasteiger partial charge on any atom is 0.350 e. The van der Waals surface area contributed by atoms with Gasteiger partial charge in [0.25, 0.3) is 0 Å². The Labute approximate surface area is 322 Å². The number of hydrogen-bond donors (Lipinski definition) is 2. The summed E-state index contributed by atoms with van der Waals surface area (Å²) in [6.07, 6.45) is 7.83. The number of aryl methyl sites for hydroxylation is 1. The number of guanidine groups is 1. The van der Waals surface area contributed by atoms with Crippen LogP contribution in [0.25, 0.3) is 0 Å². The molecule has 51 heavy (non-hydrogen) atoms. The second-order valence-corrected chi connectivity index (χ2v) is 17.8. The molecule has 0 saturated carbocycles. The number of aliphatic imine (C=N–C) groups is 2. The van der Waals surface area contributed by atoms with E-state index in [1.165, 1.54) is 29.9 Å². The van der Waals surface area contributed by atoms with Crippen molar-refractivity contribution in [1.29, 1.82) is 0 Å². The van der Waals surface area contributed by atoms with Crippen molar-refractivity contribution in [3.63, 3.8) is 0 Å². The Morgan fingerprint density at radius 2 is 1.31 bits per heavy atom. The maximum atomic E-state index is 11.5. The summed E-state index contributed by atoms with van der Waals surface area (Å²) in [5.41, 5.74) is 4.96. The van der Waals surface area contributed by atoms with Crippen LogP contribution in [-0.4, -0.2) is 94.8 Å². The number of rotatable bonds is 9. The normalized spacial score (nSPS) is 15.8. The minimum absolute atomic E-state index is 0. The van der Waals surface area contributed by atoms with E-state index in [1.807, 2.05) is 6.21 Å². The van der Waals surface area contributed by atoms with E-state index in [2.05, 4.69) is 122 Å². The largest absolute Gasteiger partial charge is 0.507 e. The van der Waals surface area contributed by atoms with Crippen LogP contribution in [0.3, 0.4) is 0 Å². The van der Waals surface area contributed by atoms with Crippen molar-refractivity contribution < 1.29 is 31.6 Å². The van der Waals surface area contributed by atoms with Crippen molar-refractivity contribution >= 4 is 18.4 Å². The smallest absolute Gasteiger partial charge is 0.350 e. The average Bonchev–Trinajstić information content (AvgIpc) is 2.96. The van der Waals surface area contributed by atoms with Crippen molar-refractivity contribution in [2.45, 2.75) is 124 Å². The molecule has 2 heterocycles.